The summed E-state index contributed by atoms with van der Waals surface area (Å²) in [6, 6.07) is 0. The molecule has 7 heteroatoms. The Morgan fingerprint density at radius 2 is 2.28 bits per heavy atom. The summed E-state index contributed by atoms with van der Waals surface area (Å²) in [5.41, 5.74) is 0.930. The zero-order valence-corrected chi connectivity index (χ0v) is 11.3. The molecule has 0 unspecified atom stereocenters. The quantitative estimate of drug-likeness (QED) is 0.750. The summed E-state index contributed by atoms with van der Waals surface area (Å²) in [5, 5.41) is 12.0. The first-order valence-corrected chi connectivity index (χ1v) is 6.50. The van der Waals surface area contributed by atoms with Crippen molar-refractivity contribution < 1.29 is 4.52 Å². The van der Waals surface area contributed by atoms with Crippen molar-refractivity contribution in [3.05, 3.63) is 23.6 Å². The van der Waals surface area contributed by atoms with E-state index in [9.17, 15) is 0 Å². The van der Waals surface area contributed by atoms with Crippen LogP contribution < -0.4 is 0 Å². The predicted molar refractivity (Wildman–Crippen MR) is 66.6 cm³/mol. The molecule has 0 aliphatic carbocycles. The Kier molecular flexibility index (Phi) is 4.30. The molecule has 0 amide bonds. The van der Waals surface area contributed by atoms with Gasteiger partial charge in [0, 0.05) is 18.0 Å². The molecule has 0 saturated carbocycles. The maximum Gasteiger partial charge on any atom is 0.248 e. The van der Waals surface area contributed by atoms with E-state index in [2.05, 4.69) is 20.5 Å². The highest BCUT2D eigenvalue weighted by Crippen LogP contribution is 2.10. The fourth-order valence-corrected chi connectivity index (χ4v) is 1.62. The van der Waals surface area contributed by atoms with E-state index in [0.717, 1.165) is 18.5 Å². The van der Waals surface area contributed by atoms with Gasteiger partial charge in [0.05, 0.1) is 5.69 Å². The van der Waals surface area contributed by atoms with E-state index >= 15 is 0 Å². The smallest absolute Gasteiger partial charge is 0.248 e. The molecule has 0 fully saturated rings. The monoisotopic (exact) mass is 269 g/mol. The number of aromatic nitrogens is 5. The van der Waals surface area contributed by atoms with Crippen molar-refractivity contribution in [2.45, 2.75) is 39.2 Å². The molecule has 0 radical (unpaired) electrons. The van der Waals surface area contributed by atoms with E-state index in [0.29, 0.717) is 24.1 Å². The summed E-state index contributed by atoms with van der Waals surface area (Å²) in [6.45, 7) is 4.50. The van der Waals surface area contributed by atoms with Crippen LogP contribution in [0.15, 0.2) is 10.7 Å². The number of rotatable bonds is 6. The standard InChI is InChI=1S/C11H16ClN5O/c1-8(2)11-13-10(18-15-11)7-17-6-9(14-16-17)4-3-5-12/h6,8H,3-5,7H2,1-2H3. The van der Waals surface area contributed by atoms with Crippen LogP contribution >= 0.6 is 11.6 Å². The fourth-order valence-electron chi connectivity index (χ4n) is 1.48. The van der Waals surface area contributed by atoms with Crippen molar-refractivity contribution >= 4 is 11.6 Å². The van der Waals surface area contributed by atoms with Crippen molar-refractivity contribution in [2.75, 3.05) is 5.88 Å². The zero-order valence-electron chi connectivity index (χ0n) is 10.5. The number of alkyl halides is 1. The third kappa shape index (κ3) is 3.29. The van der Waals surface area contributed by atoms with Crippen molar-refractivity contribution in [3.8, 4) is 0 Å². The van der Waals surface area contributed by atoms with Gasteiger partial charge < -0.3 is 4.52 Å². The van der Waals surface area contributed by atoms with Gasteiger partial charge in [0.1, 0.15) is 6.54 Å². The Morgan fingerprint density at radius 1 is 1.44 bits per heavy atom. The maximum atomic E-state index is 5.63. The van der Waals surface area contributed by atoms with Crippen LogP contribution in [0.4, 0.5) is 0 Å². The molecule has 2 rings (SSSR count). The largest absolute Gasteiger partial charge is 0.337 e. The van der Waals surface area contributed by atoms with Gasteiger partial charge in [0.2, 0.25) is 5.89 Å². The maximum absolute atomic E-state index is 5.63. The van der Waals surface area contributed by atoms with E-state index < -0.39 is 0 Å². The van der Waals surface area contributed by atoms with E-state index in [1.54, 1.807) is 4.68 Å². The lowest BCUT2D eigenvalue weighted by Crippen LogP contribution is -2.01. The Morgan fingerprint density at radius 3 is 2.94 bits per heavy atom. The summed E-state index contributed by atoms with van der Waals surface area (Å²) >= 11 is 5.63. The molecule has 2 heterocycles. The minimum atomic E-state index is 0.262. The molecule has 0 aromatic carbocycles. The molecule has 0 N–H and O–H groups in total. The second-order valence-corrected chi connectivity index (χ2v) is 4.78. The average molecular weight is 270 g/mol. The second kappa shape index (κ2) is 5.95. The van der Waals surface area contributed by atoms with Gasteiger partial charge in [-0.1, -0.05) is 24.2 Å². The van der Waals surface area contributed by atoms with Gasteiger partial charge >= 0.3 is 0 Å². The SMILES string of the molecule is CC(C)c1noc(Cn2cc(CCCCl)nn2)n1. The van der Waals surface area contributed by atoms with Gasteiger partial charge in [-0.05, 0) is 12.8 Å². The molecule has 0 aliphatic heterocycles. The lowest BCUT2D eigenvalue weighted by atomic mass is 10.2. The van der Waals surface area contributed by atoms with E-state index in [1.807, 2.05) is 20.0 Å². The first kappa shape index (κ1) is 13.0. The molecule has 0 spiro atoms. The van der Waals surface area contributed by atoms with Crippen LogP contribution in [0.25, 0.3) is 0 Å². The lowest BCUT2D eigenvalue weighted by Gasteiger charge is -1.94. The number of hydrogen-bond acceptors (Lipinski definition) is 5. The molecule has 0 aliphatic rings. The lowest BCUT2D eigenvalue weighted by molar-refractivity contribution is 0.358. The van der Waals surface area contributed by atoms with Crippen LogP contribution in [0, 0.1) is 0 Å². The van der Waals surface area contributed by atoms with Crippen molar-refractivity contribution in [1.29, 1.82) is 0 Å². The first-order chi connectivity index (χ1) is 8.69. The minimum Gasteiger partial charge on any atom is -0.337 e. The van der Waals surface area contributed by atoms with E-state index in [1.165, 1.54) is 0 Å². The highest BCUT2D eigenvalue weighted by Gasteiger charge is 2.10. The minimum absolute atomic E-state index is 0.262. The van der Waals surface area contributed by atoms with E-state index in [-0.39, 0.29) is 5.92 Å². The molecular weight excluding hydrogens is 254 g/mol. The second-order valence-electron chi connectivity index (χ2n) is 4.40. The third-order valence-corrected chi connectivity index (χ3v) is 2.72. The molecule has 2 aromatic heterocycles. The average Bonchev–Trinajstić information content (AvgIpc) is 2.96. The molecule has 2 aromatic rings. The van der Waals surface area contributed by atoms with Gasteiger partial charge in [-0.3, -0.25) is 0 Å². The summed E-state index contributed by atoms with van der Waals surface area (Å²) in [4.78, 5) is 4.29. The third-order valence-electron chi connectivity index (χ3n) is 2.45. The summed E-state index contributed by atoms with van der Waals surface area (Å²) < 4.78 is 6.85. The van der Waals surface area contributed by atoms with Crippen LogP contribution in [0.1, 0.15) is 43.6 Å². The van der Waals surface area contributed by atoms with Crippen LogP contribution in [0.5, 0.6) is 0 Å². The number of nitrogens with zero attached hydrogens (tertiary/aromatic N) is 5. The summed E-state index contributed by atoms with van der Waals surface area (Å²) in [6.07, 6.45) is 3.62. The molecule has 18 heavy (non-hydrogen) atoms. The Bertz CT molecular complexity index is 493. The van der Waals surface area contributed by atoms with Crippen LogP contribution in [-0.2, 0) is 13.0 Å². The predicted octanol–water partition coefficient (Wildman–Crippen LogP) is 2.00. The van der Waals surface area contributed by atoms with Crippen LogP contribution in [-0.4, -0.2) is 31.0 Å². The molecule has 0 atom stereocenters. The molecule has 6 nitrogen and oxygen atoms in total. The molecule has 0 saturated heterocycles. The topological polar surface area (TPSA) is 69.6 Å². The summed E-state index contributed by atoms with van der Waals surface area (Å²) in [5.74, 6) is 2.16. The van der Waals surface area contributed by atoms with Crippen molar-refractivity contribution in [3.63, 3.8) is 0 Å². The number of halogens is 1. The van der Waals surface area contributed by atoms with Crippen LogP contribution in [0.3, 0.4) is 0 Å². The zero-order chi connectivity index (χ0) is 13.0. The Labute approximate surface area is 110 Å². The Hall–Kier alpha value is -1.43. The molecule has 98 valence electrons. The normalized spacial score (nSPS) is 11.3. The van der Waals surface area contributed by atoms with Crippen molar-refractivity contribution in [1.82, 2.24) is 25.1 Å². The van der Waals surface area contributed by atoms with Gasteiger partial charge in [-0.2, -0.15) is 4.98 Å². The fraction of sp³-hybridized carbons (Fsp3) is 0.636. The van der Waals surface area contributed by atoms with Crippen molar-refractivity contribution in [2.24, 2.45) is 0 Å². The van der Waals surface area contributed by atoms with Gasteiger partial charge in [0.25, 0.3) is 0 Å². The molecular formula is C11H16ClN5O. The number of hydrogen-bond donors (Lipinski definition) is 0. The molecule has 0 bridgehead atoms. The highest BCUT2D eigenvalue weighted by atomic mass is 35.5. The van der Waals surface area contributed by atoms with E-state index in [4.69, 9.17) is 16.1 Å². The van der Waals surface area contributed by atoms with Gasteiger partial charge in [-0.15, -0.1) is 16.7 Å². The Balaban J connectivity index is 1.97. The highest BCUT2D eigenvalue weighted by molar-refractivity contribution is 6.17. The van der Waals surface area contributed by atoms with Gasteiger partial charge in [-0.25, -0.2) is 4.68 Å². The van der Waals surface area contributed by atoms with Gasteiger partial charge in [0.15, 0.2) is 5.82 Å². The summed E-state index contributed by atoms with van der Waals surface area (Å²) in [7, 11) is 0. The first-order valence-electron chi connectivity index (χ1n) is 5.96. The van der Waals surface area contributed by atoms with Crippen LogP contribution in [0.2, 0.25) is 0 Å². The number of aryl methyl sites for hydroxylation is 1.